The number of hydrogen-bond acceptors (Lipinski definition) is 4. The van der Waals surface area contributed by atoms with Crippen LogP contribution in [-0.2, 0) is 0 Å². The molecule has 2 aromatic rings. The van der Waals surface area contributed by atoms with E-state index in [0.717, 1.165) is 29.9 Å². The average molecular weight is 427 g/mol. The van der Waals surface area contributed by atoms with Gasteiger partial charge in [0.25, 0.3) is 5.91 Å². The Morgan fingerprint density at radius 3 is 2.47 bits per heavy atom. The fraction of sp³-hybridized carbons (Fsp3) is 0.333. The first kappa shape index (κ1) is 23.4. The Morgan fingerprint density at radius 1 is 1.03 bits per heavy atom. The first-order valence-electron chi connectivity index (χ1n) is 10.2. The van der Waals surface area contributed by atoms with Gasteiger partial charge in [0.2, 0.25) is 0 Å². The van der Waals surface area contributed by atoms with Gasteiger partial charge in [0, 0.05) is 5.69 Å². The Morgan fingerprint density at radius 2 is 1.77 bits per heavy atom. The fourth-order valence-corrected chi connectivity index (χ4v) is 2.88. The molecule has 1 amide bonds. The highest BCUT2D eigenvalue weighted by Gasteiger charge is 2.13. The maximum absolute atomic E-state index is 12.7. The summed E-state index contributed by atoms with van der Waals surface area (Å²) in [4.78, 5) is 12.7. The molecule has 2 aromatic carbocycles. The second kappa shape index (κ2) is 12.6. The molecule has 0 saturated heterocycles. The van der Waals surface area contributed by atoms with Gasteiger partial charge in [0.15, 0.2) is 5.11 Å². The van der Waals surface area contributed by atoms with Crippen molar-refractivity contribution in [2.45, 2.75) is 39.5 Å². The van der Waals surface area contributed by atoms with Crippen LogP contribution in [0.3, 0.4) is 0 Å². The zero-order valence-corrected chi connectivity index (χ0v) is 18.5. The Kier molecular flexibility index (Phi) is 9.87. The summed E-state index contributed by atoms with van der Waals surface area (Å²) in [7, 11) is 0. The first-order valence-corrected chi connectivity index (χ1v) is 10.6. The van der Waals surface area contributed by atoms with Gasteiger partial charge in [-0.1, -0.05) is 44.9 Å². The number of rotatable bonds is 11. The van der Waals surface area contributed by atoms with Crippen LogP contribution in [0.15, 0.2) is 60.7 Å². The number of unbranched alkanes of at least 4 members (excludes halogenated alkanes) is 3. The molecule has 0 saturated carbocycles. The summed E-state index contributed by atoms with van der Waals surface area (Å²) in [5.41, 5.74) is 2.16. The van der Waals surface area contributed by atoms with E-state index in [2.05, 4.69) is 24.1 Å². The van der Waals surface area contributed by atoms with Crippen LogP contribution >= 0.6 is 12.2 Å². The minimum atomic E-state index is -0.307. The van der Waals surface area contributed by atoms with Gasteiger partial charge in [-0.2, -0.15) is 0 Å². The summed E-state index contributed by atoms with van der Waals surface area (Å²) in [6.07, 6.45) is 4.45. The van der Waals surface area contributed by atoms with E-state index in [1.165, 1.54) is 12.8 Å². The second-order valence-electron chi connectivity index (χ2n) is 7.08. The van der Waals surface area contributed by atoms with E-state index >= 15 is 0 Å². The molecule has 0 aliphatic heterocycles. The summed E-state index contributed by atoms with van der Waals surface area (Å²) in [6, 6.07) is 14.5. The first-order chi connectivity index (χ1) is 14.5. The van der Waals surface area contributed by atoms with Crippen molar-refractivity contribution in [2.75, 3.05) is 18.5 Å². The van der Waals surface area contributed by atoms with Crippen LogP contribution in [0.4, 0.5) is 5.69 Å². The van der Waals surface area contributed by atoms with E-state index in [-0.39, 0.29) is 11.0 Å². The van der Waals surface area contributed by atoms with Crippen LogP contribution in [-0.4, -0.2) is 24.2 Å². The van der Waals surface area contributed by atoms with E-state index in [1.54, 1.807) is 18.2 Å². The van der Waals surface area contributed by atoms with Gasteiger partial charge in [-0.05, 0) is 67.5 Å². The predicted molar refractivity (Wildman–Crippen MR) is 127 cm³/mol. The van der Waals surface area contributed by atoms with Gasteiger partial charge in [0.1, 0.15) is 18.1 Å². The third-order valence-electron chi connectivity index (χ3n) is 4.21. The molecule has 160 valence electrons. The van der Waals surface area contributed by atoms with Gasteiger partial charge in [0.05, 0.1) is 12.2 Å². The van der Waals surface area contributed by atoms with E-state index in [1.807, 2.05) is 37.3 Å². The van der Waals surface area contributed by atoms with Crippen LogP contribution < -0.4 is 20.1 Å². The largest absolute Gasteiger partial charge is 0.493 e. The lowest BCUT2D eigenvalue weighted by Gasteiger charge is -2.13. The van der Waals surface area contributed by atoms with Crippen LogP contribution in [0.25, 0.3) is 0 Å². The Balaban J connectivity index is 1.88. The molecule has 0 bridgehead atoms. The molecule has 2 rings (SSSR count). The standard InChI is InChI=1S/C24H30N2O3S/c1-4-5-6-9-16-28-22-11-8-7-10-21(22)23(27)26-24(30)25-19-12-14-20(15-13-19)29-17-18(2)3/h7-8,10-15H,2,4-6,9,16-17H2,1,3H3,(H2,25,26,27,30). The molecular weight excluding hydrogens is 396 g/mol. The van der Waals surface area contributed by atoms with Crippen molar-refractivity contribution in [2.24, 2.45) is 0 Å². The molecule has 0 aromatic heterocycles. The molecule has 0 atom stereocenters. The summed E-state index contributed by atoms with van der Waals surface area (Å²) in [5.74, 6) is 0.995. The van der Waals surface area contributed by atoms with Crippen LogP contribution in [0, 0.1) is 0 Å². The third-order valence-corrected chi connectivity index (χ3v) is 4.42. The van der Waals surface area contributed by atoms with Crippen molar-refractivity contribution in [1.82, 2.24) is 5.32 Å². The number of carbonyl (C=O) groups is 1. The van der Waals surface area contributed by atoms with Gasteiger partial charge < -0.3 is 14.8 Å². The predicted octanol–water partition coefficient (Wildman–Crippen LogP) is 5.73. The Labute approximate surface area is 184 Å². The quantitative estimate of drug-likeness (QED) is 0.273. The van der Waals surface area contributed by atoms with Crippen molar-refractivity contribution < 1.29 is 14.3 Å². The van der Waals surface area contributed by atoms with Crippen molar-refractivity contribution in [1.29, 1.82) is 0 Å². The molecule has 0 aliphatic carbocycles. The number of thiocarbonyl (C=S) groups is 1. The number of amides is 1. The number of carbonyl (C=O) groups excluding carboxylic acids is 1. The molecule has 2 N–H and O–H groups in total. The smallest absolute Gasteiger partial charge is 0.261 e. The molecule has 0 spiro atoms. The maximum atomic E-state index is 12.7. The lowest BCUT2D eigenvalue weighted by molar-refractivity contribution is 0.0973. The molecular formula is C24H30N2O3S. The highest BCUT2D eigenvalue weighted by atomic mass is 32.1. The zero-order valence-electron chi connectivity index (χ0n) is 17.7. The summed E-state index contributed by atoms with van der Waals surface area (Å²) in [6.45, 7) is 8.95. The van der Waals surface area contributed by atoms with E-state index < -0.39 is 0 Å². The maximum Gasteiger partial charge on any atom is 0.261 e. The van der Waals surface area contributed by atoms with Crippen molar-refractivity contribution in [3.8, 4) is 11.5 Å². The topological polar surface area (TPSA) is 59.6 Å². The fourth-order valence-electron chi connectivity index (χ4n) is 2.66. The number of anilines is 1. The molecule has 0 unspecified atom stereocenters. The van der Waals surface area contributed by atoms with Crippen LogP contribution in [0.1, 0.15) is 49.9 Å². The molecule has 0 heterocycles. The minimum absolute atomic E-state index is 0.216. The Bertz CT molecular complexity index is 850. The highest BCUT2D eigenvalue weighted by Crippen LogP contribution is 2.19. The van der Waals surface area contributed by atoms with Crippen molar-refractivity contribution >= 4 is 28.9 Å². The molecule has 0 aliphatic rings. The second-order valence-corrected chi connectivity index (χ2v) is 7.49. The van der Waals surface area contributed by atoms with Gasteiger partial charge in [-0.25, -0.2) is 0 Å². The number of ether oxygens (including phenoxy) is 2. The summed E-state index contributed by atoms with van der Waals surface area (Å²) >= 11 is 5.28. The molecule has 0 fully saturated rings. The van der Waals surface area contributed by atoms with Crippen molar-refractivity contribution in [3.05, 3.63) is 66.2 Å². The number of para-hydroxylation sites is 1. The van der Waals surface area contributed by atoms with Gasteiger partial charge >= 0.3 is 0 Å². The Hall–Kier alpha value is -2.86. The lowest BCUT2D eigenvalue weighted by atomic mass is 10.2. The van der Waals surface area contributed by atoms with Gasteiger partial charge in [-0.15, -0.1) is 0 Å². The minimum Gasteiger partial charge on any atom is -0.493 e. The van der Waals surface area contributed by atoms with Crippen LogP contribution in [0.5, 0.6) is 11.5 Å². The van der Waals surface area contributed by atoms with Crippen LogP contribution in [0.2, 0.25) is 0 Å². The third kappa shape index (κ3) is 8.25. The summed E-state index contributed by atoms with van der Waals surface area (Å²) in [5, 5.41) is 5.93. The molecule has 0 radical (unpaired) electrons. The van der Waals surface area contributed by atoms with E-state index in [4.69, 9.17) is 21.7 Å². The highest BCUT2D eigenvalue weighted by molar-refractivity contribution is 7.80. The lowest BCUT2D eigenvalue weighted by Crippen LogP contribution is -2.34. The molecule has 5 nitrogen and oxygen atoms in total. The normalized spacial score (nSPS) is 10.2. The number of hydrogen-bond donors (Lipinski definition) is 2. The molecule has 30 heavy (non-hydrogen) atoms. The SMILES string of the molecule is C=C(C)COc1ccc(NC(=S)NC(=O)c2ccccc2OCCCCCC)cc1. The monoisotopic (exact) mass is 426 g/mol. The van der Waals surface area contributed by atoms with Gasteiger partial charge in [-0.3, -0.25) is 10.1 Å². The van der Waals surface area contributed by atoms with Crippen molar-refractivity contribution in [3.63, 3.8) is 0 Å². The molecule has 6 heteroatoms. The number of benzene rings is 2. The zero-order chi connectivity index (χ0) is 21.8. The number of nitrogens with one attached hydrogen (secondary N) is 2. The average Bonchev–Trinajstić information content (AvgIpc) is 2.73. The van der Waals surface area contributed by atoms with E-state index in [0.29, 0.717) is 24.5 Å². The van der Waals surface area contributed by atoms with E-state index in [9.17, 15) is 4.79 Å². The summed E-state index contributed by atoms with van der Waals surface area (Å²) < 4.78 is 11.4.